The molecule has 0 saturated heterocycles. The van der Waals surface area contributed by atoms with Gasteiger partial charge in [0.25, 0.3) is 0 Å². The molecule has 2 N–H and O–H groups in total. The largest absolute Gasteiger partial charge is 0.393 e. The van der Waals surface area contributed by atoms with Crippen LogP contribution in [0.15, 0.2) is 0 Å². The summed E-state index contributed by atoms with van der Waals surface area (Å²) >= 11 is 4.19. The number of hydrogen-bond acceptors (Lipinski definition) is 4. The minimum atomic E-state index is -0.552. The second kappa shape index (κ2) is 7.46. The summed E-state index contributed by atoms with van der Waals surface area (Å²) in [5.74, 6) is 4.72. The minimum absolute atomic E-state index is 0.0635. The number of thiol groups is 1. The fourth-order valence-corrected chi connectivity index (χ4v) is 6.14. The van der Waals surface area contributed by atoms with Gasteiger partial charge in [-0.2, -0.15) is 0 Å². The van der Waals surface area contributed by atoms with Crippen molar-refractivity contribution in [2.24, 2.45) is 41.4 Å². The van der Waals surface area contributed by atoms with Gasteiger partial charge in [0.15, 0.2) is 0 Å². The fraction of sp³-hybridized carbons (Fsp3) is 1.00. The summed E-state index contributed by atoms with van der Waals surface area (Å²) in [5, 5.41) is 20.0. The van der Waals surface area contributed by atoms with Crippen LogP contribution in [0, 0.1) is 41.4 Å². The topological polar surface area (TPSA) is 43.7 Å². The molecule has 3 aliphatic carbocycles. The van der Waals surface area contributed by atoms with Crippen LogP contribution in [0.3, 0.4) is 0 Å². The quantitative estimate of drug-likeness (QED) is 0.485. The highest BCUT2D eigenvalue weighted by Gasteiger charge is 2.55. The van der Waals surface area contributed by atoms with Gasteiger partial charge >= 0.3 is 0 Å². The highest BCUT2D eigenvalue weighted by Crippen LogP contribution is 2.55. The van der Waals surface area contributed by atoms with Crippen molar-refractivity contribution >= 4 is 12.6 Å². The Kier molecular flexibility index (Phi) is 5.91. The van der Waals surface area contributed by atoms with Crippen molar-refractivity contribution in [3.63, 3.8) is 0 Å². The molecule has 3 nitrogen and oxygen atoms in total. The molecule has 0 aromatic carbocycles. The van der Waals surface area contributed by atoms with Crippen LogP contribution in [0.25, 0.3) is 0 Å². The third-order valence-electron chi connectivity index (χ3n) is 7.29. The maximum absolute atomic E-state index is 10.3. The summed E-state index contributed by atoms with van der Waals surface area (Å²) in [5.41, 5.74) is -0.552. The zero-order valence-electron chi connectivity index (χ0n) is 15.8. The van der Waals surface area contributed by atoms with E-state index in [2.05, 4.69) is 45.3 Å². The molecule has 0 radical (unpaired) electrons. The first-order chi connectivity index (χ1) is 11.3. The standard InChI is InChI=1S/C20H37NO2S/c1-11(2)15-8-7-14(9-16(15)18-12(3)20(18)23)19(13-5-6-13)21(4)10-17(22)24/h11-20,22-24H,5-10H2,1-4H3/t12-,14?,15?,16?,17?,18?,19?,20?/m1/s1. The number of nitrogens with zero attached hydrogens (tertiary/aromatic N) is 1. The van der Waals surface area contributed by atoms with E-state index in [0.29, 0.717) is 36.3 Å². The molecule has 0 amide bonds. The van der Waals surface area contributed by atoms with E-state index in [1.165, 1.54) is 32.1 Å². The Balaban J connectivity index is 1.71. The molecule has 140 valence electrons. The lowest BCUT2D eigenvalue weighted by Gasteiger charge is -2.44. The average Bonchev–Trinajstić information content (AvgIpc) is 3.39. The van der Waals surface area contributed by atoms with Crippen molar-refractivity contribution in [1.82, 2.24) is 4.90 Å². The molecule has 3 rings (SSSR count). The summed E-state index contributed by atoms with van der Waals surface area (Å²) in [6.07, 6.45) is 6.51. The SMILES string of the molecule is CC(C)C1CCC(C(C2CC2)N(C)CC(O)S)CC1C1C(O)[C@@H]1C. The van der Waals surface area contributed by atoms with E-state index in [0.717, 1.165) is 17.8 Å². The maximum Gasteiger partial charge on any atom is 0.109 e. The van der Waals surface area contributed by atoms with Gasteiger partial charge in [-0.25, -0.2) is 0 Å². The fourth-order valence-electron chi connectivity index (χ4n) is 5.88. The van der Waals surface area contributed by atoms with Crippen LogP contribution in [-0.2, 0) is 0 Å². The van der Waals surface area contributed by atoms with Gasteiger partial charge in [0.2, 0.25) is 0 Å². The van der Waals surface area contributed by atoms with E-state index in [9.17, 15) is 10.2 Å². The second-order valence-electron chi connectivity index (χ2n) is 9.32. The van der Waals surface area contributed by atoms with E-state index < -0.39 is 5.44 Å². The van der Waals surface area contributed by atoms with Crippen molar-refractivity contribution in [1.29, 1.82) is 0 Å². The molecule has 0 heterocycles. The number of aliphatic hydroxyl groups is 2. The molecule has 3 aliphatic rings. The van der Waals surface area contributed by atoms with Gasteiger partial charge in [-0.1, -0.05) is 20.8 Å². The first-order valence-electron chi connectivity index (χ1n) is 10.1. The summed E-state index contributed by atoms with van der Waals surface area (Å²) in [6.45, 7) is 7.60. The van der Waals surface area contributed by atoms with E-state index in [-0.39, 0.29) is 6.10 Å². The van der Waals surface area contributed by atoms with Gasteiger partial charge in [-0.3, -0.25) is 4.90 Å². The first kappa shape index (κ1) is 19.0. The Morgan fingerprint density at radius 3 is 2.17 bits per heavy atom. The maximum atomic E-state index is 10.3. The molecule has 3 saturated carbocycles. The Bertz CT molecular complexity index is 418. The summed E-state index contributed by atoms with van der Waals surface area (Å²) in [4.78, 5) is 2.37. The van der Waals surface area contributed by atoms with Crippen LogP contribution < -0.4 is 0 Å². The predicted molar refractivity (Wildman–Crippen MR) is 102 cm³/mol. The van der Waals surface area contributed by atoms with Gasteiger partial charge < -0.3 is 10.2 Å². The van der Waals surface area contributed by atoms with E-state index >= 15 is 0 Å². The minimum Gasteiger partial charge on any atom is -0.393 e. The molecular weight excluding hydrogens is 318 g/mol. The van der Waals surface area contributed by atoms with Crippen LogP contribution in [0.5, 0.6) is 0 Å². The Morgan fingerprint density at radius 1 is 1.12 bits per heavy atom. The van der Waals surface area contributed by atoms with Gasteiger partial charge in [0, 0.05) is 12.6 Å². The summed E-state index contributed by atoms with van der Waals surface area (Å²) in [7, 11) is 2.17. The summed E-state index contributed by atoms with van der Waals surface area (Å²) in [6, 6.07) is 0.591. The molecule has 0 spiro atoms. The number of hydrogen-bond donors (Lipinski definition) is 3. The van der Waals surface area contributed by atoms with E-state index in [1.807, 2.05) is 0 Å². The highest BCUT2D eigenvalue weighted by molar-refractivity contribution is 7.80. The Labute approximate surface area is 153 Å². The molecular formula is C20H37NO2S. The number of rotatable bonds is 7. The van der Waals surface area contributed by atoms with Gasteiger partial charge in [0.05, 0.1) is 6.10 Å². The third kappa shape index (κ3) is 3.97. The van der Waals surface area contributed by atoms with Crippen LogP contribution in [0.2, 0.25) is 0 Å². The van der Waals surface area contributed by atoms with Crippen LogP contribution in [-0.4, -0.2) is 46.3 Å². The molecule has 24 heavy (non-hydrogen) atoms. The molecule has 4 heteroatoms. The molecule has 0 aromatic heterocycles. The van der Waals surface area contributed by atoms with Crippen molar-refractivity contribution in [3.8, 4) is 0 Å². The van der Waals surface area contributed by atoms with Crippen LogP contribution in [0.4, 0.5) is 0 Å². The second-order valence-corrected chi connectivity index (χ2v) is 9.92. The van der Waals surface area contributed by atoms with Crippen LogP contribution in [0.1, 0.15) is 52.9 Å². The van der Waals surface area contributed by atoms with Crippen molar-refractivity contribution < 1.29 is 10.2 Å². The molecule has 0 bridgehead atoms. The zero-order chi connectivity index (χ0) is 17.6. The molecule has 0 aromatic rings. The zero-order valence-corrected chi connectivity index (χ0v) is 16.7. The normalized spacial score (nSPS) is 42.4. The lowest BCUT2D eigenvalue weighted by Crippen LogP contribution is -2.46. The molecule has 8 atom stereocenters. The van der Waals surface area contributed by atoms with Crippen LogP contribution >= 0.6 is 12.6 Å². The third-order valence-corrected chi connectivity index (χ3v) is 7.46. The first-order valence-corrected chi connectivity index (χ1v) is 10.6. The lowest BCUT2D eigenvalue weighted by atomic mass is 9.65. The van der Waals surface area contributed by atoms with Gasteiger partial charge in [-0.15, -0.1) is 12.6 Å². The molecule has 7 unspecified atom stereocenters. The van der Waals surface area contributed by atoms with Crippen molar-refractivity contribution in [2.45, 2.75) is 70.5 Å². The van der Waals surface area contributed by atoms with Crippen molar-refractivity contribution in [3.05, 3.63) is 0 Å². The number of likely N-dealkylation sites (N-methyl/N-ethyl adjacent to an activating group) is 1. The monoisotopic (exact) mass is 355 g/mol. The van der Waals surface area contributed by atoms with E-state index in [4.69, 9.17) is 0 Å². The Morgan fingerprint density at radius 2 is 1.71 bits per heavy atom. The van der Waals surface area contributed by atoms with E-state index in [1.54, 1.807) is 0 Å². The average molecular weight is 356 g/mol. The lowest BCUT2D eigenvalue weighted by molar-refractivity contribution is 0.0385. The van der Waals surface area contributed by atoms with Gasteiger partial charge in [-0.05, 0) is 80.6 Å². The van der Waals surface area contributed by atoms with Crippen molar-refractivity contribution in [2.75, 3.05) is 13.6 Å². The summed E-state index contributed by atoms with van der Waals surface area (Å²) < 4.78 is 0. The predicted octanol–water partition coefficient (Wildman–Crippen LogP) is 3.26. The smallest absolute Gasteiger partial charge is 0.109 e. The Hall–Kier alpha value is 0.230. The molecule has 3 fully saturated rings. The number of aliphatic hydroxyl groups excluding tert-OH is 2. The highest BCUT2D eigenvalue weighted by atomic mass is 32.1. The van der Waals surface area contributed by atoms with Gasteiger partial charge in [0.1, 0.15) is 5.44 Å². The molecule has 0 aliphatic heterocycles.